The number of benzene rings is 2. The summed E-state index contributed by atoms with van der Waals surface area (Å²) in [5.74, 6) is 0.647. The maximum atomic E-state index is 12.7. The highest BCUT2D eigenvalue weighted by molar-refractivity contribution is 7.92. The van der Waals surface area contributed by atoms with Crippen LogP contribution in [0.2, 0.25) is 0 Å². The van der Waals surface area contributed by atoms with Gasteiger partial charge in [0.05, 0.1) is 18.5 Å². The third-order valence-electron chi connectivity index (χ3n) is 4.88. The Bertz CT molecular complexity index is 1190. The van der Waals surface area contributed by atoms with Crippen LogP contribution in [0.5, 0.6) is 5.75 Å². The maximum Gasteiger partial charge on any atom is 0.261 e. The van der Waals surface area contributed by atoms with Crippen LogP contribution in [0, 0.1) is 6.92 Å². The molecule has 4 rings (SSSR count). The van der Waals surface area contributed by atoms with Gasteiger partial charge in [0.2, 0.25) is 21.7 Å². The van der Waals surface area contributed by atoms with Crippen molar-refractivity contribution < 1.29 is 22.5 Å². The van der Waals surface area contributed by atoms with Crippen molar-refractivity contribution in [3.63, 3.8) is 0 Å². The molecule has 1 aliphatic rings. The Morgan fingerprint density at radius 2 is 1.94 bits per heavy atom. The van der Waals surface area contributed by atoms with Crippen LogP contribution in [0.3, 0.4) is 0 Å². The van der Waals surface area contributed by atoms with E-state index in [4.69, 9.17) is 9.26 Å². The van der Waals surface area contributed by atoms with E-state index in [1.165, 1.54) is 4.31 Å². The zero-order chi connectivity index (χ0) is 22.0. The standard InChI is InChI=1S/C21H22N4O5S/c1-14-7-9-15(10-8-14)20-23-19(30-24-20)13-22-21(26)18-11-12-25(31(2,27)28)16-5-3-4-6-17(16)29-18/h3-10,18H,11-13H2,1-2H3,(H,22,26)/t18-/m0/s1. The summed E-state index contributed by atoms with van der Waals surface area (Å²) in [5, 5.41) is 6.67. The molecule has 0 saturated heterocycles. The Morgan fingerprint density at radius 3 is 2.68 bits per heavy atom. The number of rotatable bonds is 5. The number of ether oxygens (including phenoxy) is 1. The molecule has 1 aliphatic heterocycles. The lowest BCUT2D eigenvalue weighted by molar-refractivity contribution is -0.128. The number of fused-ring (bicyclic) bond motifs is 1. The Balaban J connectivity index is 1.43. The molecule has 0 spiro atoms. The second-order valence-electron chi connectivity index (χ2n) is 7.29. The molecule has 31 heavy (non-hydrogen) atoms. The summed E-state index contributed by atoms with van der Waals surface area (Å²) < 4.78 is 36.6. The predicted molar refractivity (Wildman–Crippen MR) is 114 cm³/mol. The summed E-state index contributed by atoms with van der Waals surface area (Å²) in [6, 6.07) is 14.4. The maximum absolute atomic E-state index is 12.7. The molecule has 1 N–H and O–H groups in total. The van der Waals surface area contributed by atoms with Crippen molar-refractivity contribution in [3.05, 3.63) is 60.0 Å². The molecule has 162 valence electrons. The van der Waals surface area contributed by atoms with Crippen LogP contribution in [-0.4, -0.2) is 43.4 Å². The van der Waals surface area contributed by atoms with E-state index in [0.29, 0.717) is 17.3 Å². The van der Waals surface area contributed by atoms with Gasteiger partial charge in [-0.15, -0.1) is 0 Å². The minimum absolute atomic E-state index is 0.0367. The summed E-state index contributed by atoms with van der Waals surface area (Å²) in [4.78, 5) is 17.0. The van der Waals surface area contributed by atoms with E-state index in [1.54, 1.807) is 24.3 Å². The molecular formula is C21H22N4O5S. The van der Waals surface area contributed by atoms with Crippen LogP contribution >= 0.6 is 0 Å². The first-order valence-corrected chi connectivity index (χ1v) is 11.6. The first kappa shape index (κ1) is 20.9. The van der Waals surface area contributed by atoms with Gasteiger partial charge in [-0.25, -0.2) is 8.42 Å². The molecule has 0 radical (unpaired) electrons. The summed E-state index contributed by atoms with van der Waals surface area (Å²) >= 11 is 0. The van der Waals surface area contributed by atoms with E-state index < -0.39 is 16.1 Å². The van der Waals surface area contributed by atoms with Crippen LogP contribution in [-0.2, 0) is 21.4 Å². The number of amides is 1. The molecule has 1 amide bonds. The molecule has 10 heteroatoms. The van der Waals surface area contributed by atoms with Gasteiger partial charge in [-0.1, -0.05) is 47.1 Å². The molecule has 2 heterocycles. The number of aryl methyl sites for hydroxylation is 1. The fraction of sp³-hybridized carbons (Fsp3) is 0.286. The molecule has 9 nitrogen and oxygen atoms in total. The van der Waals surface area contributed by atoms with E-state index in [2.05, 4.69) is 15.5 Å². The quantitative estimate of drug-likeness (QED) is 0.645. The largest absolute Gasteiger partial charge is 0.478 e. The van der Waals surface area contributed by atoms with Crippen molar-refractivity contribution >= 4 is 21.6 Å². The topological polar surface area (TPSA) is 115 Å². The van der Waals surface area contributed by atoms with E-state index in [0.717, 1.165) is 17.4 Å². The lowest BCUT2D eigenvalue weighted by atomic mass is 10.1. The SMILES string of the molecule is Cc1ccc(-c2noc(CNC(=O)[C@@H]3CCN(S(C)(=O)=O)c4ccccc4O3)n2)cc1. The van der Waals surface area contributed by atoms with Crippen LogP contribution in [0.1, 0.15) is 17.9 Å². The monoisotopic (exact) mass is 442 g/mol. The fourth-order valence-corrected chi connectivity index (χ4v) is 4.23. The van der Waals surface area contributed by atoms with Crippen molar-refractivity contribution in [2.45, 2.75) is 26.0 Å². The minimum atomic E-state index is -3.51. The molecule has 3 aromatic rings. The molecule has 0 unspecified atom stereocenters. The minimum Gasteiger partial charge on any atom is -0.478 e. The molecule has 1 atom stereocenters. The highest BCUT2D eigenvalue weighted by Crippen LogP contribution is 2.33. The van der Waals surface area contributed by atoms with Gasteiger partial charge in [-0.05, 0) is 19.1 Å². The predicted octanol–water partition coefficient (Wildman–Crippen LogP) is 2.28. The first-order chi connectivity index (χ1) is 14.8. The Labute approximate surface area is 180 Å². The van der Waals surface area contributed by atoms with E-state index >= 15 is 0 Å². The number of carbonyl (C=O) groups excluding carboxylic acids is 1. The molecule has 0 fully saturated rings. The number of hydrogen-bond acceptors (Lipinski definition) is 7. The highest BCUT2D eigenvalue weighted by atomic mass is 32.2. The lowest BCUT2D eigenvalue weighted by Crippen LogP contribution is -2.39. The number of nitrogens with one attached hydrogen (secondary N) is 1. The van der Waals surface area contributed by atoms with Gasteiger partial charge in [-0.2, -0.15) is 4.98 Å². The number of aromatic nitrogens is 2. The second-order valence-corrected chi connectivity index (χ2v) is 9.20. The smallest absolute Gasteiger partial charge is 0.261 e. The van der Waals surface area contributed by atoms with Crippen molar-refractivity contribution in [2.24, 2.45) is 0 Å². The van der Waals surface area contributed by atoms with E-state index in [-0.39, 0.29) is 31.3 Å². The van der Waals surface area contributed by atoms with Gasteiger partial charge in [0.25, 0.3) is 5.91 Å². The average molecular weight is 442 g/mol. The zero-order valence-corrected chi connectivity index (χ0v) is 17.9. The fourth-order valence-electron chi connectivity index (χ4n) is 3.28. The number of carbonyl (C=O) groups is 1. The first-order valence-electron chi connectivity index (χ1n) is 9.72. The van der Waals surface area contributed by atoms with Crippen LogP contribution in [0.4, 0.5) is 5.69 Å². The normalized spacial score (nSPS) is 16.2. The molecule has 1 aromatic heterocycles. The number of nitrogens with zero attached hydrogens (tertiary/aromatic N) is 3. The highest BCUT2D eigenvalue weighted by Gasteiger charge is 2.31. The van der Waals surface area contributed by atoms with Crippen molar-refractivity contribution in [1.29, 1.82) is 0 Å². The van der Waals surface area contributed by atoms with Crippen LogP contribution in [0.25, 0.3) is 11.4 Å². The molecule has 2 aromatic carbocycles. The average Bonchev–Trinajstić information content (AvgIpc) is 3.11. The number of hydrogen-bond donors (Lipinski definition) is 1. The van der Waals surface area contributed by atoms with Gasteiger partial charge in [-0.3, -0.25) is 9.10 Å². The van der Waals surface area contributed by atoms with Crippen molar-refractivity contribution in [3.8, 4) is 17.1 Å². The zero-order valence-electron chi connectivity index (χ0n) is 17.1. The van der Waals surface area contributed by atoms with Crippen molar-refractivity contribution in [1.82, 2.24) is 15.5 Å². The van der Waals surface area contributed by atoms with Gasteiger partial charge in [0, 0.05) is 18.5 Å². The lowest BCUT2D eigenvalue weighted by Gasteiger charge is -2.20. The summed E-state index contributed by atoms with van der Waals surface area (Å²) in [7, 11) is -3.51. The van der Waals surface area contributed by atoms with Gasteiger partial charge < -0.3 is 14.6 Å². The van der Waals surface area contributed by atoms with Crippen molar-refractivity contribution in [2.75, 3.05) is 17.1 Å². The molecular weight excluding hydrogens is 420 g/mol. The Kier molecular flexibility index (Phi) is 5.64. The second kappa shape index (κ2) is 8.38. The molecule has 0 saturated carbocycles. The summed E-state index contributed by atoms with van der Waals surface area (Å²) in [6.07, 6.45) is 0.477. The Morgan fingerprint density at radius 1 is 1.19 bits per heavy atom. The summed E-state index contributed by atoms with van der Waals surface area (Å²) in [5.41, 5.74) is 2.36. The molecule has 0 aliphatic carbocycles. The summed E-state index contributed by atoms with van der Waals surface area (Å²) in [6.45, 7) is 2.16. The third-order valence-corrected chi connectivity index (χ3v) is 6.06. The van der Waals surface area contributed by atoms with Crippen LogP contribution in [0.15, 0.2) is 53.1 Å². The van der Waals surface area contributed by atoms with Gasteiger partial charge >= 0.3 is 0 Å². The number of anilines is 1. The number of sulfonamides is 1. The van der Waals surface area contributed by atoms with E-state index in [1.807, 2.05) is 31.2 Å². The van der Waals surface area contributed by atoms with Gasteiger partial charge in [0.15, 0.2) is 6.10 Å². The number of para-hydroxylation sites is 2. The third kappa shape index (κ3) is 4.69. The van der Waals surface area contributed by atoms with Gasteiger partial charge in [0.1, 0.15) is 5.75 Å². The molecule has 0 bridgehead atoms. The Hall–Kier alpha value is -3.40. The van der Waals surface area contributed by atoms with E-state index in [9.17, 15) is 13.2 Å². The van der Waals surface area contributed by atoms with Crippen LogP contribution < -0.4 is 14.4 Å².